The summed E-state index contributed by atoms with van der Waals surface area (Å²) in [6.45, 7) is 2.97. The Kier molecular flexibility index (Phi) is 5.40. The van der Waals surface area contributed by atoms with Gasteiger partial charge in [0.05, 0.1) is 6.54 Å². The lowest BCUT2D eigenvalue weighted by Gasteiger charge is -2.36. The molecule has 1 saturated carbocycles. The molecule has 0 spiro atoms. The maximum absolute atomic E-state index is 13.4. The molecule has 0 unspecified atom stereocenters. The summed E-state index contributed by atoms with van der Waals surface area (Å²) < 4.78 is 1.71. The number of amides is 1. The van der Waals surface area contributed by atoms with E-state index in [0.29, 0.717) is 49.7 Å². The molecule has 3 aromatic rings. The fourth-order valence-corrected chi connectivity index (χ4v) is 4.75. The summed E-state index contributed by atoms with van der Waals surface area (Å²) in [5.41, 5.74) is 2.21. The Morgan fingerprint density at radius 1 is 0.968 bits per heavy atom. The Morgan fingerprint density at radius 3 is 2.45 bits per heavy atom. The molecule has 1 aromatic carbocycles. The van der Waals surface area contributed by atoms with E-state index in [1.165, 1.54) is 0 Å². The zero-order valence-electron chi connectivity index (χ0n) is 17.6. The van der Waals surface area contributed by atoms with E-state index in [2.05, 4.69) is 9.97 Å². The van der Waals surface area contributed by atoms with E-state index >= 15 is 0 Å². The van der Waals surface area contributed by atoms with Gasteiger partial charge in [0.2, 0.25) is 5.91 Å². The van der Waals surface area contributed by atoms with Gasteiger partial charge in [0.15, 0.2) is 11.5 Å². The molecule has 160 valence electrons. The number of rotatable bonds is 4. The monoisotopic (exact) mass is 417 g/mol. The molecule has 7 heteroatoms. The first-order chi connectivity index (χ1) is 15.2. The summed E-state index contributed by atoms with van der Waals surface area (Å²) in [6, 6.07) is 13.7. The number of piperazine rings is 1. The minimum absolute atomic E-state index is 0.134. The number of fused-ring (bicyclic) bond motifs is 1. The Labute approximate surface area is 181 Å². The molecule has 0 radical (unpaired) electrons. The molecule has 2 aromatic heterocycles. The van der Waals surface area contributed by atoms with Crippen molar-refractivity contribution in [2.75, 3.05) is 31.1 Å². The largest absolute Gasteiger partial charge is 0.348 e. The lowest BCUT2D eigenvalue weighted by atomic mass is 10.1. The van der Waals surface area contributed by atoms with Crippen LogP contribution >= 0.6 is 0 Å². The van der Waals surface area contributed by atoms with Crippen LogP contribution in [0, 0.1) is 5.92 Å². The maximum atomic E-state index is 13.4. The van der Waals surface area contributed by atoms with Crippen LogP contribution in [0.25, 0.3) is 11.2 Å². The molecule has 1 saturated heterocycles. The summed E-state index contributed by atoms with van der Waals surface area (Å²) >= 11 is 0. The van der Waals surface area contributed by atoms with Crippen LogP contribution < -0.4 is 10.5 Å². The van der Waals surface area contributed by atoms with Gasteiger partial charge in [-0.25, -0.2) is 9.97 Å². The molecule has 7 nitrogen and oxygen atoms in total. The van der Waals surface area contributed by atoms with Gasteiger partial charge in [-0.15, -0.1) is 0 Å². The van der Waals surface area contributed by atoms with Gasteiger partial charge in [-0.2, -0.15) is 0 Å². The summed E-state index contributed by atoms with van der Waals surface area (Å²) in [5.74, 6) is 0.929. The fraction of sp³-hybridized carbons (Fsp3) is 0.417. The number of nitrogens with zero attached hydrogens (tertiary/aromatic N) is 5. The second-order valence-corrected chi connectivity index (χ2v) is 8.45. The Bertz CT molecular complexity index is 1130. The molecule has 1 aliphatic carbocycles. The molecule has 5 rings (SSSR count). The molecule has 0 bridgehead atoms. The van der Waals surface area contributed by atoms with E-state index in [0.717, 1.165) is 31.2 Å². The summed E-state index contributed by atoms with van der Waals surface area (Å²) in [4.78, 5) is 39.3. The number of pyridine rings is 1. The molecule has 0 N–H and O–H groups in total. The first-order valence-corrected chi connectivity index (χ1v) is 11.1. The zero-order chi connectivity index (χ0) is 21.2. The first kappa shape index (κ1) is 19.7. The standard InChI is InChI=1S/C24H27N5O2/c30-23(19-9-4-5-10-19)28-15-13-27(14-16-28)22-24(31)29(17-18-7-2-1-3-8-18)21-20(26-22)11-6-12-25-21/h1-3,6-8,11-12,19H,4-5,9-10,13-17H2. The van der Waals surface area contributed by atoms with Crippen molar-refractivity contribution in [3.05, 3.63) is 64.6 Å². The fourth-order valence-electron chi connectivity index (χ4n) is 4.75. The molecule has 3 heterocycles. The smallest absolute Gasteiger partial charge is 0.295 e. The highest BCUT2D eigenvalue weighted by Crippen LogP contribution is 2.27. The third kappa shape index (κ3) is 3.92. The number of hydrogen-bond acceptors (Lipinski definition) is 5. The molecule has 2 fully saturated rings. The second kappa shape index (κ2) is 8.49. The lowest BCUT2D eigenvalue weighted by molar-refractivity contribution is -0.135. The summed E-state index contributed by atoms with van der Waals surface area (Å²) in [6.07, 6.45) is 6.04. The molecule has 2 aliphatic rings. The Morgan fingerprint density at radius 2 is 1.71 bits per heavy atom. The molecule has 1 amide bonds. The highest BCUT2D eigenvalue weighted by molar-refractivity contribution is 5.79. The van der Waals surface area contributed by atoms with E-state index in [1.54, 1.807) is 10.8 Å². The van der Waals surface area contributed by atoms with Crippen LogP contribution in [-0.4, -0.2) is 51.5 Å². The van der Waals surface area contributed by atoms with Crippen LogP contribution in [0.5, 0.6) is 0 Å². The zero-order valence-corrected chi connectivity index (χ0v) is 17.6. The van der Waals surface area contributed by atoms with Gasteiger partial charge in [-0.3, -0.25) is 14.2 Å². The number of carbonyl (C=O) groups excluding carboxylic acids is 1. The van der Waals surface area contributed by atoms with Gasteiger partial charge < -0.3 is 9.80 Å². The van der Waals surface area contributed by atoms with E-state index in [9.17, 15) is 9.59 Å². The van der Waals surface area contributed by atoms with Crippen molar-refractivity contribution in [1.29, 1.82) is 0 Å². The normalized spacial score (nSPS) is 17.4. The van der Waals surface area contributed by atoms with Crippen LogP contribution in [0.2, 0.25) is 0 Å². The SMILES string of the molecule is O=C(C1CCCC1)N1CCN(c2nc3cccnc3n(Cc3ccccc3)c2=O)CC1. The molecule has 0 atom stereocenters. The highest BCUT2D eigenvalue weighted by Gasteiger charge is 2.30. The van der Waals surface area contributed by atoms with Gasteiger partial charge in [0, 0.05) is 38.3 Å². The van der Waals surface area contributed by atoms with E-state index in [4.69, 9.17) is 0 Å². The minimum atomic E-state index is -0.134. The van der Waals surface area contributed by atoms with E-state index < -0.39 is 0 Å². The topological polar surface area (TPSA) is 71.3 Å². The third-order valence-corrected chi connectivity index (χ3v) is 6.46. The number of hydrogen-bond donors (Lipinski definition) is 0. The minimum Gasteiger partial charge on any atom is -0.348 e. The van der Waals surface area contributed by atoms with Crippen molar-refractivity contribution in [2.45, 2.75) is 32.2 Å². The molecular formula is C24H27N5O2. The van der Waals surface area contributed by atoms with Crippen LogP contribution in [0.1, 0.15) is 31.2 Å². The van der Waals surface area contributed by atoms with E-state index in [-0.39, 0.29) is 17.4 Å². The number of anilines is 1. The van der Waals surface area contributed by atoms with Crippen LogP contribution in [0.15, 0.2) is 53.5 Å². The lowest BCUT2D eigenvalue weighted by Crippen LogP contribution is -2.51. The second-order valence-electron chi connectivity index (χ2n) is 8.45. The number of benzene rings is 1. The van der Waals surface area contributed by atoms with Gasteiger partial charge >= 0.3 is 0 Å². The average molecular weight is 418 g/mol. The predicted molar refractivity (Wildman–Crippen MR) is 120 cm³/mol. The van der Waals surface area contributed by atoms with Crippen LogP contribution in [-0.2, 0) is 11.3 Å². The predicted octanol–water partition coefficient (Wildman–Crippen LogP) is 2.68. The summed E-state index contributed by atoms with van der Waals surface area (Å²) in [5, 5.41) is 0. The van der Waals surface area contributed by atoms with Gasteiger partial charge in [-0.1, -0.05) is 43.2 Å². The van der Waals surface area contributed by atoms with Crippen molar-refractivity contribution >= 4 is 22.9 Å². The van der Waals surface area contributed by atoms with Crippen LogP contribution in [0.3, 0.4) is 0 Å². The van der Waals surface area contributed by atoms with Gasteiger partial charge in [0.1, 0.15) is 5.52 Å². The van der Waals surface area contributed by atoms with Crippen molar-refractivity contribution < 1.29 is 4.79 Å². The van der Waals surface area contributed by atoms with Crippen molar-refractivity contribution in [3.63, 3.8) is 0 Å². The van der Waals surface area contributed by atoms with Gasteiger partial charge in [-0.05, 0) is 30.5 Å². The highest BCUT2D eigenvalue weighted by atomic mass is 16.2. The maximum Gasteiger partial charge on any atom is 0.295 e. The Balaban J connectivity index is 1.42. The third-order valence-electron chi connectivity index (χ3n) is 6.46. The molecule has 31 heavy (non-hydrogen) atoms. The first-order valence-electron chi connectivity index (χ1n) is 11.1. The number of aromatic nitrogens is 3. The molecule has 1 aliphatic heterocycles. The van der Waals surface area contributed by atoms with Gasteiger partial charge in [0.25, 0.3) is 5.56 Å². The van der Waals surface area contributed by atoms with Crippen molar-refractivity contribution in [3.8, 4) is 0 Å². The summed E-state index contributed by atoms with van der Waals surface area (Å²) in [7, 11) is 0. The molecular weight excluding hydrogens is 390 g/mol. The average Bonchev–Trinajstić information content (AvgIpc) is 3.36. The van der Waals surface area contributed by atoms with Crippen molar-refractivity contribution in [1.82, 2.24) is 19.4 Å². The number of carbonyl (C=O) groups is 1. The van der Waals surface area contributed by atoms with E-state index in [1.807, 2.05) is 52.3 Å². The quantitative estimate of drug-likeness (QED) is 0.653. The van der Waals surface area contributed by atoms with Crippen LogP contribution in [0.4, 0.5) is 5.82 Å². The van der Waals surface area contributed by atoms with Crippen molar-refractivity contribution in [2.24, 2.45) is 5.92 Å². The Hall–Kier alpha value is -3.22.